The van der Waals surface area contributed by atoms with Crippen molar-refractivity contribution in [2.45, 2.75) is 51.9 Å². The molecular formula is C17H22F2. The molecule has 0 radical (unpaired) electrons. The lowest BCUT2D eigenvalue weighted by Gasteiger charge is -2.35. The molecule has 104 valence electrons. The number of halogens is 2. The Hall–Kier alpha value is -0.920. The molecule has 0 heterocycles. The molecule has 0 aromatic heterocycles. The molecule has 3 rings (SSSR count). The first-order valence-corrected chi connectivity index (χ1v) is 7.61. The van der Waals surface area contributed by atoms with Gasteiger partial charge in [0.15, 0.2) is 11.6 Å². The van der Waals surface area contributed by atoms with Crippen molar-refractivity contribution in [2.24, 2.45) is 17.8 Å². The first-order valence-electron chi connectivity index (χ1n) is 7.61. The largest absolute Gasteiger partial charge is 0.204 e. The highest BCUT2D eigenvalue weighted by Gasteiger charge is 2.30. The highest BCUT2D eigenvalue weighted by atomic mass is 19.2. The minimum absolute atomic E-state index is 0.566. The number of benzene rings is 1. The summed E-state index contributed by atoms with van der Waals surface area (Å²) in [7, 11) is 0. The van der Waals surface area contributed by atoms with Crippen LogP contribution in [0.4, 0.5) is 8.78 Å². The van der Waals surface area contributed by atoms with Gasteiger partial charge in [-0.2, -0.15) is 0 Å². The van der Waals surface area contributed by atoms with Gasteiger partial charge in [-0.3, -0.25) is 0 Å². The van der Waals surface area contributed by atoms with Crippen molar-refractivity contribution in [1.29, 1.82) is 0 Å². The maximum Gasteiger partial charge on any atom is 0.162 e. The number of hydrogen-bond acceptors (Lipinski definition) is 0. The second-order valence-corrected chi connectivity index (χ2v) is 6.52. The fourth-order valence-corrected chi connectivity index (χ4v) is 3.95. The fraction of sp³-hybridized carbons (Fsp3) is 0.647. The average Bonchev–Trinajstić information content (AvgIpc) is 2.44. The lowest BCUT2D eigenvalue weighted by atomic mass is 9.70. The van der Waals surface area contributed by atoms with Crippen LogP contribution in [0.3, 0.4) is 0 Å². The van der Waals surface area contributed by atoms with Crippen LogP contribution in [0.2, 0.25) is 0 Å². The molecule has 0 saturated heterocycles. The summed E-state index contributed by atoms with van der Waals surface area (Å²) < 4.78 is 27.3. The Kier molecular flexibility index (Phi) is 3.60. The smallest absolute Gasteiger partial charge is 0.162 e. The van der Waals surface area contributed by atoms with Gasteiger partial charge in [-0.05, 0) is 67.1 Å². The first kappa shape index (κ1) is 13.1. The van der Waals surface area contributed by atoms with E-state index in [4.69, 9.17) is 0 Å². The Morgan fingerprint density at radius 3 is 2.42 bits per heavy atom. The van der Waals surface area contributed by atoms with Crippen molar-refractivity contribution in [3.05, 3.63) is 34.9 Å². The van der Waals surface area contributed by atoms with Crippen LogP contribution in [-0.4, -0.2) is 0 Å². The third kappa shape index (κ3) is 2.54. The molecule has 1 saturated carbocycles. The van der Waals surface area contributed by atoms with Gasteiger partial charge in [0, 0.05) is 0 Å². The zero-order valence-electron chi connectivity index (χ0n) is 11.6. The molecule has 0 nitrogen and oxygen atoms in total. The van der Waals surface area contributed by atoms with Crippen LogP contribution in [0.5, 0.6) is 0 Å². The highest BCUT2D eigenvalue weighted by molar-refractivity contribution is 5.32. The minimum atomic E-state index is -0.684. The summed E-state index contributed by atoms with van der Waals surface area (Å²) in [5.41, 5.74) is 1.69. The van der Waals surface area contributed by atoms with E-state index in [2.05, 4.69) is 6.92 Å². The van der Waals surface area contributed by atoms with E-state index in [9.17, 15) is 8.78 Å². The lowest BCUT2D eigenvalue weighted by molar-refractivity contribution is 0.195. The number of aryl methyl sites for hydroxylation is 1. The summed E-state index contributed by atoms with van der Waals surface area (Å²) in [5, 5.41) is 0. The molecule has 0 aliphatic heterocycles. The van der Waals surface area contributed by atoms with E-state index >= 15 is 0 Å². The van der Waals surface area contributed by atoms with E-state index in [0.717, 1.165) is 36.7 Å². The van der Waals surface area contributed by atoms with Gasteiger partial charge in [-0.1, -0.05) is 25.8 Å². The van der Waals surface area contributed by atoms with E-state index in [1.807, 2.05) is 0 Å². The van der Waals surface area contributed by atoms with Crippen LogP contribution in [-0.2, 0) is 12.8 Å². The third-order valence-corrected chi connectivity index (χ3v) is 5.27. The summed E-state index contributed by atoms with van der Waals surface area (Å²) in [5.74, 6) is 0.868. The molecule has 0 N–H and O–H groups in total. The van der Waals surface area contributed by atoms with Gasteiger partial charge >= 0.3 is 0 Å². The Bertz CT molecular complexity index is 459. The summed E-state index contributed by atoms with van der Waals surface area (Å²) >= 11 is 0. The second kappa shape index (κ2) is 5.22. The maximum atomic E-state index is 13.9. The van der Waals surface area contributed by atoms with Gasteiger partial charge in [0.1, 0.15) is 0 Å². The van der Waals surface area contributed by atoms with Crippen molar-refractivity contribution in [1.82, 2.24) is 0 Å². The zero-order valence-corrected chi connectivity index (χ0v) is 11.6. The van der Waals surface area contributed by atoms with E-state index in [-0.39, 0.29) is 0 Å². The first-order chi connectivity index (χ1) is 9.15. The Balaban J connectivity index is 1.76. The maximum absolute atomic E-state index is 13.9. The Labute approximate surface area is 114 Å². The summed E-state index contributed by atoms with van der Waals surface area (Å²) in [6.45, 7) is 2.32. The molecule has 1 aromatic carbocycles. The van der Waals surface area contributed by atoms with Crippen LogP contribution < -0.4 is 0 Å². The monoisotopic (exact) mass is 264 g/mol. The second-order valence-electron chi connectivity index (χ2n) is 6.52. The molecule has 1 atom stereocenters. The normalized spacial score (nSPS) is 31.0. The summed E-state index contributed by atoms with van der Waals surface area (Å²) in [6, 6.07) is 3.05. The lowest BCUT2D eigenvalue weighted by Crippen LogP contribution is -2.26. The third-order valence-electron chi connectivity index (χ3n) is 5.27. The van der Waals surface area contributed by atoms with Crippen molar-refractivity contribution in [3.63, 3.8) is 0 Å². The SMILES string of the molecule is CC1CCC(C2CCc3ccc(F)c(F)c3C2)CC1. The number of fused-ring (bicyclic) bond motifs is 1. The van der Waals surface area contributed by atoms with Crippen LogP contribution in [0, 0.1) is 29.4 Å². The molecule has 19 heavy (non-hydrogen) atoms. The highest BCUT2D eigenvalue weighted by Crippen LogP contribution is 2.40. The van der Waals surface area contributed by atoms with Crippen LogP contribution in [0.15, 0.2) is 12.1 Å². The molecule has 0 amide bonds. The fourth-order valence-electron chi connectivity index (χ4n) is 3.95. The molecule has 2 aliphatic rings. The number of hydrogen-bond donors (Lipinski definition) is 0. The summed E-state index contributed by atoms with van der Waals surface area (Å²) in [4.78, 5) is 0. The summed E-state index contributed by atoms with van der Waals surface area (Å²) in [6.07, 6.45) is 7.98. The molecule has 0 spiro atoms. The van der Waals surface area contributed by atoms with Crippen molar-refractivity contribution < 1.29 is 8.78 Å². The van der Waals surface area contributed by atoms with E-state index < -0.39 is 11.6 Å². The predicted molar refractivity (Wildman–Crippen MR) is 73.0 cm³/mol. The Morgan fingerprint density at radius 2 is 1.68 bits per heavy atom. The molecule has 1 unspecified atom stereocenters. The van der Waals surface area contributed by atoms with Gasteiger partial charge < -0.3 is 0 Å². The van der Waals surface area contributed by atoms with Gasteiger partial charge in [0.25, 0.3) is 0 Å². The molecule has 0 bridgehead atoms. The van der Waals surface area contributed by atoms with Gasteiger partial charge in [-0.15, -0.1) is 0 Å². The minimum Gasteiger partial charge on any atom is -0.204 e. The van der Waals surface area contributed by atoms with Crippen LogP contribution in [0.25, 0.3) is 0 Å². The number of rotatable bonds is 1. The molecule has 1 fully saturated rings. The standard InChI is InChI=1S/C17H22F2/c1-11-2-4-12(5-3-11)14-7-6-13-8-9-16(18)17(19)15(13)10-14/h8-9,11-12,14H,2-7,10H2,1H3. The van der Waals surface area contributed by atoms with Gasteiger partial charge in [0.05, 0.1) is 0 Å². The van der Waals surface area contributed by atoms with Crippen LogP contribution >= 0.6 is 0 Å². The average molecular weight is 264 g/mol. The van der Waals surface area contributed by atoms with E-state index in [0.29, 0.717) is 11.5 Å². The molecular weight excluding hydrogens is 242 g/mol. The van der Waals surface area contributed by atoms with Crippen LogP contribution in [0.1, 0.15) is 50.2 Å². The molecule has 2 heteroatoms. The van der Waals surface area contributed by atoms with Gasteiger partial charge in [0.2, 0.25) is 0 Å². The van der Waals surface area contributed by atoms with Crippen molar-refractivity contribution in [2.75, 3.05) is 0 Å². The van der Waals surface area contributed by atoms with Gasteiger partial charge in [-0.25, -0.2) is 8.78 Å². The predicted octanol–water partition coefficient (Wildman–Crippen LogP) is 4.90. The Morgan fingerprint density at radius 1 is 0.947 bits per heavy atom. The quantitative estimate of drug-likeness (QED) is 0.677. The van der Waals surface area contributed by atoms with Crippen molar-refractivity contribution >= 4 is 0 Å². The van der Waals surface area contributed by atoms with E-state index in [1.54, 1.807) is 6.07 Å². The molecule has 1 aromatic rings. The topological polar surface area (TPSA) is 0 Å². The van der Waals surface area contributed by atoms with Crippen molar-refractivity contribution in [3.8, 4) is 0 Å². The molecule has 2 aliphatic carbocycles. The zero-order chi connectivity index (χ0) is 13.4. The van der Waals surface area contributed by atoms with E-state index in [1.165, 1.54) is 31.7 Å².